The summed E-state index contributed by atoms with van der Waals surface area (Å²) < 4.78 is 9.54. The van der Waals surface area contributed by atoms with Gasteiger partial charge in [0.05, 0.1) is 10.0 Å². The number of hydrogen-bond acceptors (Lipinski definition) is 6. The fourth-order valence-corrected chi connectivity index (χ4v) is 3.12. The molecule has 11 heteroatoms. The normalized spacial score (nSPS) is 13.0. The number of ketones is 1. The van der Waals surface area contributed by atoms with Crippen LogP contribution >= 0.6 is 51.6 Å². The number of carbonyl (C=O) groups is 2. The van der Waals surface area contributed by atoms with Crippen LogP contribution in [0.25, 0.3) is 6.08 Å². The maximum atomic E-state index is 12.2. The molecule has 0 aliphatic carbocycles. The van der Waals surface area contributed by atoms with E-state index in [9.17, 15) is 14.5 Å². The molecule has 0 aromatic heterocycles. The Morgan fingerprint density at radius 3 is 2.29 bits per heavy atom. The van der Waals surface area contributed by atoms with E-state index in [1.165, 1.54) is 12.1 Å². The van der Waals surface area contributed by atoms with E-state index in [4.69, 9.17) is 55.9 Å². The Hall–Kier alpha value is -1.37. The zero-order valence-corrected chi connectivity index (χ0v) is 17.9. The quantitative estimate of drug-likeness (QED) is 0.311. The van der Waals surface area contributed by atoms with Crippen LogP contribution in [0, 0.1) is 0 Å². The van der Waals surface area contributed by atoms with Gasteiger partial charge in [-0.25, -0.2) is 0 Å². The van der Waals surface area contributed by atoms with Crippen LogP contribution in [0.1, 0.15) is 15.9 Å². The van der Waals surface area contributed by atoms with Crippen molar-refractivity contribution in [3.05, 3.63) is 69.7 Å². The van der Waals surface area contributed by atoms with Crippen LogP contribution in [0.4, 0.5) is 0 Å². The minimum absolute atomic E-state index is 0.240. The summed E-state index contributed by atoms with van der Waals surface area (Å²) in [6, 6.07) is 11.1. The Morgan fingerprint density at radius 2 is 1.71 bits per heavy atom. The van der Waals surface area contributed by atoms with Gasteiger partial charge in [-0.2, -0.15) is 0 Å². The second-order valence-electron chi connectivity index (χ2n) is 5.50. The Labute approximate surface area is 180 Å². The Kier molecular flexibility index (Phi) is 7.34. The van der Waals surface area contributed by atoms with Crippen molar-refractivity contribution in [3.8, 4) is 5.75 Å². The van der Waals surface area contributed by atoms with Crippen molar-refractivity contribution < 1.29 is 23.7 Å². The van der Waals surface area contributed by atoms with Crippen molar-refractivity contribution in [1.82, 2.24) is 0 Å². The summed E-state index contributed by atoms with van der Waals surface area (Å²) in [4.78, 5) is 32.9. The van der Waals surface area contributed by atoms with Crippen LogP contribution in [0.15, 0.2) is 48.5 Å². The summed E-state index contributed by atoms with van der Waals surface area (Å²) in [6.45, 7) is -0.555. The summed E-state index contributed by atoms with van der Waals surface area (Å²) in [6.07, 6.45) is 2.99. The summed E-state index contributed by atoms with van der Waals surface area (Å²) in [7, 11) is 0. The van der Waals surface area contributed by atoms with Crippen LogP contribution in [0.5, 0.6) is 5.75 Å². The monoisotopic (exact) mass is 483 g/mol. The van der Waals surface area contributed by atoms with Gasteiger partial charge in [-0.05, 0) is 18.2 Å². The summed E-state index contributed by atoms with van der Waals surface area (Å²) >= 11 is 22.3. The first-order chi connectivity index (χ1) is 12.9. The van der Waals surface area contributed by atoms with E-state index >= 15 is 0 Å². The average molecular weight is 485 g/mol. The molecule has 0 atom stereocenters. The van der Waals surface area contributed by atoms with Gasteiger partial charge in [-0.15, -0.1) is 0 Å². The van der Waals surface area contributed by atoms with Crippen LogP contribution in [-0.4, -0.2) is 23.3 Å². The van der Waals surface area contributed by atoms with Crippen molar-refractivity contribution in [3.63, 3.8) is 0 Å². The third kappa shape index (κ3) is 7.94. The van der Waals surface area contributed by atoms with Gasteiger partial charge in [0.2, 0.25) is 0 Å². The number of rotatable bonds is 7. The standard InChI is InChI=1S/C17H14Cl4NO5P/c18-14-7-4-12(9-15(14)19)16(23)8-3-11-1-5-13(6-2-11)26-10-17(24)27-28(20,21,22)25/h1-9,25H,10,22H2/b8-3+. The number of ether oxygens (including phenoxy) is 1. The van der Waals surface area contributed by atoms with Crippen molar-refractivity contribution in [2.45, 2.75) is 0 Å². The average Bonchev–Trinajstić information content (AvgIpc) is 2.59. The van der Waals surface area contributed by atoms with Crippen molar-refractivity contribution in [1.29, 1.82) is 0 Å². The minimum atomic E-state index is -4.93. The predicted octanol–water partition coefficient (Wildman–Crippen LogP) is 5.37. The van der Waals surface area contributed by atoms with E-state index in [2.05, 4.69) is 4.52 Å². The maximum absolute atomic E-state index is 12.2. The van der Waals surface area contributed by atoms with Gasteiger partial charge in [-0.3, -0.25) is 0 Å². The Morgan fingerprint density at radius 1 is 1.07 bits per heavy atom. The van der Waals surface area contributed by atoms with E-state index in [1.54, 1.807) is 42.5 Å². The molecule has 3 N–H and O–H groups in total. The second-order valence-corrected chi connectivity index (χ2v) is 12.6. The van der Waals surface area contributed by atoms with Gasteiger partial charge in [0.25, 0.3) is 0 Å². The fourth-order valence-electron chi connectivity index (χ4n) is 1.94. The first-order valence-electron chi connectivity index (χ1n) is 7.54. The number of hydrogen-bond donors (Lipinski definition) is 2. The van der Waals surface area contributed by atoms with E-state index in [1.807, 2.05) is 0 Å². The van der Waals surface area contributed by atoms with E-state index in [-0.39, 0.29) is 5.78 Å². The van der Waals surface area contributed by atoms with Crippen LogP contribution in [0.3, 0.4) is 0 Å². The Balaban J connectivity index is 1.93. The molecule has 0 bridgehead atoms. The van der Waals surface area contributed by atoms with Crippen molar-refractivity contribution in [2.75, 3.05) is 6.61 Å². The molecule has 2 aromatic rings. The van der Waals surface area contributed by atoms with Crippen LogP contribution in [0.2, 0.25) is 10.0 Å². The van der Waals surface area contributed by atoms with E-state index in [0.29, 0.717) is 26.9 Å². The molecular weight excluding hydrogens is 471 g/mol. The third-order valence-corrected chi connectivity index (χ3v) is 4.81. The molecule has 0 heterocycles. The fraction of sp³-hybridized carbons (Fsp3) is 0.0588. The number of benzene rings is 2. The van der Waals surface area contributed by atoms with Crippen molar-refractivity contribution >= 4 is 69.4 Å². The molecular formula is C17H14Cl4NO5P. The summed E-state index contributed by atoms with van der Waals surface area (Å²) in [5.41, 5.74) is 6.17. The van der Waals surface area contributed by atoms with Gasteiger partial charge in [0, 0.05) is 0 Å². The molecule has 0 amide bonds. The molecule has 28 heavy (non-hydrogen) atoms. The molecule has 6 nitrogen and oxygen atoms in total. The summed E-state index contributed by atoms with van der Waals surface area (Å²) in [5.74, 6) is -5.85. The van der Waals surface area contributed by atoms with Crippen LogP contribution < -0.4 is 10.2 Å². The SMILES string of the molecule is NP(O)(Cl)(Cl)OC(=O)COc1ccc(/C=C/C(=O)c2ccc(Cl)c(Cl)c2)cc1. The van der Waals surface area contributed by atoms with Crippen molar-refractivity contribution in [2.24, 2.45) is 5.50 Å². The Bertz CT molecular complexity index is 916. The number of nitrogens with two attached hydrogens (primary N) is 1. The molecule has 2 rings (SSSR count). The molecule has 0 saturated heterocycles. The summed E-state index contributed by atoms with van der Waals surface area (Å²) in [5, 5.41) is 0.665. The molecule has 2 aromatic carbocycles. The molecule has 150 valence electrons. The molecule has 0 spiro atoms. The van der Waals surface area contributed by atoms with Gasteiger partial charge >= 0.3 is 129 Å². The molecule has 0 aliphatic rings. The van der Waals surface area contributed by atoms with Gasteiger partial charge in [-0.1, -0.05) is 23.2 Å². The molecule has 0 aliphatic heterocycles. The second kappa shape index (κ2) is 8.97. The van der Waals surface area contributed by atoms with Gasteiger partial charge < -0.3 is 0 Å². The zero-order valence-electron chi connectivity index (χ0n) is 14.0. The zero-order chi connectivity index (χ0) is 21.0. The number of halogens is 4. The predicted molar refractivity (Wildman–Crippen MR) is 113 cm³/mol. The number of allylic oxidation sites excluding steroid dienone is 1. The van der Waals surface area contributed by atoms with Gasteiger partial charge in [0.15, 0.2) is 0 Å². The first-order valence-corrected chi connectivity index (χ1v) is 12.3. The van der Waals surface area contributed by atoms with Crippen LogP contribution in [-0.2, 0) is 9.32 Å². The first kappa shape index (κ1) is 22.9. The topological polar surface area (TPSA) is 98.9 Å². The molecule has 0 unspecified atom stereocenters. The molecule has 0 radical (unpaired) electrons. The molecule has 0 saturated carbocycles. The third-order valence-electron chi connectivity index (χ3n) is 3.13. The van der Waals surface area contributed by atoms with Gasteiger partial charge in [0.1, 0.15) is 0 Å². The number of carbonyl (C=O) groups excluding carboxylic acids is 2. The van der Waals surface area contributed by atoms with E-state index in [0.717, 1.165) is 0 Å². The van der Waals surface area contributed by atoms with E-state index < -0.39 is 18.5 Å². The molecule has 0 fully saturated rings.